The first-order chi connectivity index (χ1) is 25.7. The maximum absolute atomic E-state index is 13.2. The Hall–Kier alpha value is -3.71. The molecule has 0 radical (unpaired) electrons. The number of carbonyl (C=O) groups excluding carboxylic acids is 1. The summed E-state index contributed by atoms with van der Waals surface area (Å²) in [6, 6.07) is 7.71. The number of rotatable bonds is 13. The van der Waals surface area contributed by atoms with Crippen molar-refractivity contribution in [1.29, 1.82) is 0 Å². The molecule has 0 unspecified atom stereocenters. The molecule has 300 valence electrons. The summed E-state index contributed by atoms with van der Waals surface area (Å²) in [4.78, 5) is 13.2. The van der Waals surface area contributed by atoms with Crippen LogP contribution < -0.4 is 0 Å². The molecule has 0 bridgehead atoms. The fourth-order valence-electron chi connectivity index (χ4n) is 5.99. The van der Waals surface area contributed by atoms with Crippen molar-refractivity contribution in [2.45, 2.75) is 92.4 Å². The van der Waals surface area contributed by atoms with Gasteiger partial charge in [0, 0.05) is 6.08 Å². The van der Waals surface area contributed by atoms with E-state index in [1.54, 1.807) is 0 Å². The molecule has 3 aliphatic heterocycles. The largest absolute Gasteiger partial charge is 0.504 e. The van der Waals surface area contributed by atoms with Crippen molar-refractivity contribution in [2.75, 3.05) is 26.4 Å². The lowest BCUT2D eigenvalue weighted by molar-refractivity contribution is -0.386. The monoisotopic (exact) mass is 772 g/mol. The molecule has 20 heteroatoms. The van der Waals surface area contributed by atoms with Crippen LogP contribution in [0, 0.1) is 0 Å². The van der Waals surface area contributed by atoms with E-state index in [1.165, 1.54) is 36.4 Å². The second-order valence-corrected chi connectivity index (χ2v) is 12.8. The van der Waals surface area contributed by atoms with Gasteiger partial charge in [0.15, 0.2) is 48.0 Å². The van der Waals surface area contributed by atoms with Crippen molar-refractivity contribution in [1.82, 2.24) is 0 Å². The molecule has 2 aromatic carbocycles. The highest BCUT2D eigenvalue weighted by molar-refractivity contribution is 5.87. The Kier molecular flexibility index (Phi) is 14.0. The molecule has 0 aliphatic carbocycles. The molecule has 0 saturated carbocycles. The van der Waals surface area contributed by atoms with Gasteiger partial charge in [0.05, 0.1) is 26.4 Å². The molecule has 2 aromatic rings. The first-order valence-electron chi connectivity index (χ1n) is 16.8. The van der Waals surface area contributed by atoms with Crippen LogP contribution in [-0.4, -0.2) is 180 Å². The Balaban J connectivity index is 1.49. The summed E-state index contributed by atoms with van der Waals surface area (Å²) in [6.07, 6.45) is -22.0. The summed E-state index contributed by atoms with van der Waals surface area (Å²) in [5.74, 6) is -2.74. The Morgan fingerprint density at radius 1 is 0.685 bits per heavy atom. The maximum atomic E-state index is 13.2. The number of aromatic hydroxyl groups is 4. The molecule has 54 heavy (non-hydrogen) atoms. The predicted octanol–water partition coefficient (Wildman–Crippen LogP) is -3.58. The average molecular weight is 773 g/mol. The van der Waals surface area contributed by atoms with Gasteiger partial charge in [0.2, 0.25) is 0 Å². The van der Waals surface area contributed by atoms with Crippen LogP contribution in [0.25, 0.3) is 6.08 Å². The molecule has 20 nitrogen and oxygen atoms in total. The van der Waals surface area contributed by atoms with Crippen molar-refractivity contribution in [2.24, 2.45) is 0 Å². The van der Waals surface area contributed by atoms with Gasteiger partial charge in [-0.3, -0.25) is 0 Å². The second kappa shape index (κ2) is 18.3. The zero-order chi connectivity index (χ0) is 39.3. The third-order valence-corrected chi connectivity index (χ3v) is 9.03. The first kappa shape index (κ1) is 41.5. The van der Waals surface area contributed by atoms with Crippen LogP contribution in [0.1, 0.15) is 11.1 Å². The molecule has 0 aromatic heterocycles. The maximum Gasteiger partial charge on any atom is 0.331 e. The quantitative estimate of drug-likeness (QED) is 0.0532. The lowest BCUT2D eigenvalue weighted by Gasteiger charge is -2.49. The van der Waals surface area contributed by atoms with Gasteiger partial charge in [-0.25, -0.2) is 4.79 Å². The molecular weight excluding hydrogens is 728 g/mol. The number of aliphatic hydroxyl groups excluding tert-OH is 8. The van der Waals surface area contributed by atoms with Crippen molar-refractivity contribution in [3.63, 3.8) is 0 Å². The van der Waals surface area contributed by atoms with Crippen molar-refractivity contribution in [3.05, 3.63) is 53.6 Å². The summed E-state index contributed by atoms with van der Waals surface area (Å²) < 4.78 is 40.7. The summed E-state index contributed by atoms with van der Waals surface area (Å²) in [7, 11) is 0. The molecule has 3 fully saturated rings. The van der Waals surface area contributed by atoms with Gasteiger partial charge < -0.3 is 94.4 Å². The van der Waals surface area contributed by atoms with E-state index >= 15 is 0 Å². The molecule has 0 amide bonds. The highest BCUT2D eigenvalue weighted by Gasteiger charge is 2.55. The first-order valence-corrected chi connectivity index (χ1v) is 16.8. The van der Waals surface area contributed by atoms with Crippen LogP contribution in [0.3, 0.4) is 0 Å². The molecule has 12 N–H and O–H groups in total. The van der Waals surface area contributed by atoms with E-state index in [4.69, 9.17) is 33.2 Å². The zero-order valence-corrected chi connectivity index (χ0v) is 28.4. The molecule has 3 saturated heterocycles. The van der Waals surface area contributed by atoms with E-state index in [-0.39, 0.29) is 24.3 Å². The van der Waals surface area contributed by atoms with Crippen LogP contribution in [0.2, 0.25) is 0 Å². The van der Waals surface area contributed by atoms with Crippen molar-refractivity contribution >= 4 is 12.0 Å². The minimum absolute atomic E-state index is 0.0892. The summed E-state index contributed by atoms with van der Waals surface area (Å²) in [5, 5.41) is 122. The Morgan fingerprint density at radius 2 is 1.31 bits per heavy atom. The average Bonchev–Trinajstić information content (AvgIpc) is 3.15. The summed E-state index contributed by atoms with van der Waals surface area (Å²) in [6.45, 7) is -2.43. The Bertz CT molecular complexity index is 1570. The van der Waals surface area contributed by atoms with Crippen LogP contribution in [0.5, 0.6) is 23.0 Å². The number of phenolic OH excluding ortho intramolecular Hbond substituents is 4. The molecule has 14 atom stereocenters. The number of hydrogen-bond donors (Lipinski definition) is 12. The van der Waals surface area contributed by atoms with Gasteiger partial charge >= 0.3 is 5.97 Å². The molecular formula is C34H44O20. The van der Waals surface area contributed by atoms with Gasteiger partial charge in [-0.2, -0.15) is 0 Å². The number of benzene rings is 2. The zero-order valence-electron chi connectivity index (χ0n) is 28.4. The van der Waals surface area contributed by atoms with Gasteiger partial charge in [-0.1, -0.05) is 12.1 Å². The topological polar surface area (TPSA) is 324 Å². The Labute approximate surface area is 306 Å². The normalized spacial score (nSPS) is 35.9. The summed E-state index contributed by atoms with van der Waals surface area (Å²) in [5.41, 5.74) is 0.755. The van der Waals surface area contributed by atoms with Gasteiger partial charge in [-0.05, 0) is 47.9 Å². The van der Waals surface area contributed by atoms with Crippen LogP contribution in [0.15, 0.2) is 42.5 Å². The van der Waals surface area contributed by atoms with Gasteiger partial charge in [0.25, 0.3) is 0 Å². The van der Waals surface area contributed by atoms with Crippen LogP contribution in [0.4, 0.5) is 0 Å². The van der Waals surface area contributed by atoms with Crippen molar-refractivity contribution < 1.29 is 99.2 Å². The lowest BCUT2D eigenvalue weighted by Crippen LogP contribution is -2.67. The van der Waals surface area contributed by atoms with E-state index in [0.717, 1.165) is 12.1 Å². The summed E-state index contributed by atoms with van der Waals surface area (Å²) >= 11 is 0. The molecule has 0 spiro atoms. The number of phenols is 4. The minimum Gasteiger partial charge on any atom is -0.504 e. The predicted molar refractivity (Wildman–Crippen MR) is 175 cm³/mol. The van der Waals surface area contributed by atoms with E-state index < -0.39 is 129 Å². The number of aliphatic hydroxyl groups is 8. The number of hydrogen-bond acceptors (Lipinski definition) is 20. The molecule has 3 aliphatic rings. The molecule has 3 heterocycles. The molecule has 5 rings (SSSR count). The third-order valence-electron chi connectivity index (χ3n) is 9.03. The minimum atomic E-state index is -1.99. The lowest BCUT2D eigenvalue weighted by atomic mass is 9.96. The smallest absolute Gasteiger partial charge is 0.331 e. The second-order valence-electron chi connectivity index (χ2n) is 12.8. The number of carbonyl (C=O) groups is 1. The van der Waals surface area contributed by atoms with Gasteiger partial charge in [-0.15, -0.1) is 0 Å². The van der Waals surface area contributed by atoms with Crippen LogP contribution in [-0.2, 0) is 44.4 Å². The van der Waals surface area contributed by atoms with E-state index in [1.807, 2.05) is 0 Å². The SMILES string of the molecule is O=C(/C=C/c1ccc(O)c(O)c1)O[C@H]1[C@H](O[C@@H]2O[C@H](CO)[C@@H](O)[C@H](O)[C@H]2O)[C@@H](O[C@@H]2OC[C@H](O)[C@H](O)[C@H]2O)[C@H](OCCc2ccc(O)c(O)c2)O[C@@H]1CO. The standard InChI is InChI=1S/C34H44O20/c35-11-21-25(44)26(45)28(47)33(50-21)53-30-29(52-23(42)6-3-14-1-4-16(37)18(39)9-14)22(12-36)51-34(48-8-7-15-2-5-17(38)19(40)10-15)31(30)54-32-27(46)24(43)20(41)13-49-32/h1-6,9-10,20-22,24-41,43-47H,7-8,11-13H2/b6-3+/t20-,21+,22+,24-,25+,26-,27+,28+,29+,30-,31+,32-,33-,34+/m0/s1. The fourth-order valence-corrected chi connectivity index (χ4v) is 5.99. The van der Waals surface area contributed by atoms with Crippen LogP contribution >= 0.6 is 0 Å². The highest BCUT2D eigenvalue weighted by atomic mass is 16.8. The van der Waals surface area contributed by atoms with Gasteiger partial charge in [0.1, 0.15) is 61.0 Å². The third kappa shape index (κ3) is 9.56. The number of ether oxygens (including phenoxy) is 7. The van der Waals surface area contributed by atoms with Crippen molar-refractivity contribution in [3.8, 4) is 23.0 Å². The van der Waals surface area contributed by atoms with E-state index in [2.05, 4.69) is 0 Å². The Morgan fingerprint density at radius 3 is 1.98 bits per heavy atom. The highest BCUT2D eigenvalue weighted by Crippen LogP contribution is 2.35. The van der Waals surface area contributed by atoms with E-state index in [9.17, 15) is 66.1 Å². The van der Waals surface area contributed by atoms with E-state index in [0.29, 0.717) is 5.56 Å². The number of esters is 1. The fraction of sp³-hybridized carbons (Fsp3) is 0.559.